The van der Waals surface area contributed by atoms with E-state index in [1.807, 2.05) is 49.1 Å². The van der Waals surface area contributed by atoms with Crippen molar-refractivity contribution in [2.45, 2.75) is 58.5 Å². The molecular formula is C22H25N3O2S. The average molecular weight is 396 g/mol. The maximum Gasteiger partial charge on any atom is 0.262 e. The Hall–Kier alpha value is -2.47. The molecule has 0 N–H and O–H groups in total. The molecule has 5 nitrogen and oxygen atoms in total. The smallest absolute Gasteiger partial charge is 0.262 e. The van der Waals surface area contributed by atoms with Crippen LogP contribution in [-0.4, -0.2) is 21.5 Å². The van der Waals surface area contributed by atoms with Crippen LogP contribution in [0.4, 0.5) is 5.69 Å². The van der Waals surface area contributed by atoms with Gasteiger partial charge in [-0.1, -0.05) is 37.5 Å². The molecule has 4 rings (SSSR count). The van der Waals surface area contributed by atoms with E-state index in [0.29, 0.717) is 5.39 Å². The van der Waals surface area contributed by atoms with Crippen LogP contribution in [0.3, 0.4) is 0 Å². The summed E-state index contributed by atoms with van der Waals surface area (Å²) in [4.78, 5) is 34.5. The van der Waals surface area contributed by atoms with Crippen LogP contribution in [0.1, 0.15) is 42.5 Å². The lowest BCUT2D eigenvalue weighted by atomic mass is 9.93. The van der Waals surface area contributed by atoms with Gasteiger partial charge < -0.3 is 4.90 Å². The van der Waals surface area contributed by atoms with Gasteiger partial charge in [-0.15, -0.1) is 11.3 Å². The van der Waals surface area contributed by atoms with Gasteiger partial charge in [-0.3, -0.25) is 14.2 Å². The van der Waals surface area contributed by atoms with Crippen molar-refractivity contribution in [1.29, 1.82) is 0 Å². The lowest BCUT2D eigenvalue weighted by Crippen LogP contribution is -2.44. The fourth-order valence-corrected chi connectivity index (χ4v) is 5.08. The Morgan fingerprint density at radius 2 is 1.89 bits per heavy atom. The Labute approximate surface area is 168 Å². The highest BCUT2D eigenvalue weighted by Crippen LogP contribution is 2.28. The molecule has 3 aromatic rings. The molecule has 0 unspecified atom stereocenters. The molecule has 2 aromatic heterocycles. The molecule has 146 valence electrons. The first-order valence-electron chi connectivity index (χ1n) is 9.88. The van der Waals surface area contributed by atoms with Crippen molar-refractivity contribution in [1.82, 2.24) is 9.55 Å². The molecule has 1 aliphatic rings. The summed E-state index contributed by atoms with van der Waals surface area (Å²) in [6.07, 6.45) is 7.04. The predicted molar refractivity (Wildman–Crippen MR) is 114 cm³/mol. The van der Waals surface area contributed by atoms with Crippen molar-refractivity contribution in [2.75, 3.05) is 4.90 Å². The van der Waals surface area contributed by atoms with Crippen molar-refractivity contribution < 1.29 is 4.79 Å². The number of carbonyl (C=O) groups is 1. The molecule has 28 heavy (non-hydrogen) atoms. The fraction of sp³-hybridized carbons (Fsp3) is 0.409. The van der Waals surface area contributed by atoms with Gasteiger partial charge in [-0.25, -0.2) is 4.98 Å². The Bertz CT molecular complexity index is 1050. The minimum absolute atomic E-state index is 0.0154. The van der Waals surface area contributed by atoms with Gasteiger partial charge in [-0.05, 0) is 44.4 Å². The van der Waals surface area contributed by atoms with Gasteiger partial charge in [0.1, 0.15) is 11.4 Å². The van der Waals surface area contributed by atoms with E-state index in [0.717, 1.165) is 46.6 Å². The molecule has 0 atom stereocenters. The maximum atomic E-state index is 13.3. The normalized spacial score (nSPS) is 15.1. The van der Waals surface area contributed by atoms with E-state index in [4.69, 9.17) is 0 Å². The molecule has 0 saturated heterocycles. The molecule has 6 heteroatoms. The monoisotopic (exact) mass is 395 g/mol. The van der Waals surface area contributed by atoms with Gasteiger partial charge in [-0.2, -0.15) is 0 Å². The number of rotatable bonds is 4. The number of para-hydroxylation sites is 1. The summed E-state index contributed by atoms with van der Waals surface area (Å²) in [7, 11) is 0. The zero-order valence-corrected chi connectivity index (χ0v) is 17.2. The van der Waals surface area contributed by atoms with Gasteiger partial charge in [0.15, 0.2) is 0 Å². The van der Waals surface area contributed by atoms with Crippen LogP contribution in [-0.2, 0) is 11.3 Å². The molecule has 2 heterocycles. The third-order valence-electron chi connectivity index (χ3n) is 5.70. The highest BCUT2D eigenvalue weighted by atomic mass is 32.1. The van der Waals surface area contributed by atoms with E-state index in [1.165, 1.54) is 28.7 Å². The zero-order valence-electron chi connectivity index (χ0n) is 16.4. The van der Waals surface area contributed by atoms with Crippen LogP contribution in [0, 0.1) is 13.8 Å². The number of benzene rings is 1. The predicted octanol–water partition coefficient (Wildman–Crippen LogP) is 4.44. The third kappa shape index (κ3) is 3.49. The van der Waals surface area contributed by atoms with Gasteiger partial charge in [0, 0.05) is 16.6 Å². The van der Waals surface area contributed by atoms with Gasteiger partial charge >= 0.3 is 0 Å². The van der Waals surface area contributed by atoms with E-state index in [1.54, 1.807) is 0 Å². The molecule has 1 amide bonds. The molecule has 0 bridgehead atoms. The number of aromatic nitrogens is 2. The van der Waals surface area contributed by atoms with Crippen LogP contribution in [0.5, 0.6) is 0 Å². The highest BCUT2D eigenvalue weighted by molar-refractivity contribution is 7.18. The second-order valence-corrected chi connectivity index (χ2v) is 8.74. The van der Waals surface area contributed by atoms with Crippen LogP contribution in [0.25, 0.3) is 10.2 Å². The Morgan fingerprint density at radius 3 is 2.61 bits per heavy atom. The minimum Gasteiger partial charge on any atom is -0.308 e. The molecule has 1 aromatic carbocycles. The Morgan fingerprint density at radius 1 is 1.18 bits per heavy atom. The second kappa shape index (κ2) is 7.87. The van der Waals surface area contributed by atoms with E-state index in [-0.39, 0.29) is 24.1 Å². The van der Waals surface area contributed by atoms with Crippen molar-refractivity contribution in [3.05, 3.63) is 57.5 Å². The molecular weight excluding hydrogens is 370 g/mol. The number of fused-ring (bicyclic) bond motifs is 1. The molecule has 1 fully saturated rings. The van der Waals surface area contributed by atoms with Crippen molar-refractivity contribution >= 4 is 33.1 Å². The molecule has 0 spiro atoms. The van der Waals surface area contributed by atoms with Gasteiger partial charge in [0.25, 0.3) is 5.56 Å². The lowest BCUT2D eigenvalue weighted by molar-refractivity contribution is -0.119. The van der Waals surface area contributed by atoms with Crippen molar-refractivity contribution in [3.63, 3.8) is 0 Å². The quantitative estimate of drug-likeness (QED) is 0.656. The van der Waals surface area contributed by atoms with Gasteiger partial charge in [0.05, 0.1) is 11.7 Å². The van der Waals surface area contributed by atoms with Crippen LogP contribution < -0.4 is 10.5 Å². The summed E-state index contributed by atoms with van der Waals surface area (Å²) in [6.45, 7) is 3.96. The molecule has 0 radical (unpaired) electrons. The third-order valence-corrected chi connectivity index (χ3v) is 6.82. The van der Waals surface area contributed by atoms with E-state index >= 15 is 0 Å². The number of anilines is 1. The second-order valence-electron chi connectivity index (χ2n) is 7.53. The summed E-state index contributed by atoms with van der Waals surface area (Å²) >= 11 is 1.53. The first-order valence-corrected chi connectivity index (χ1v) is 10.7. The number of thiophene rings is 1. The molecule has 1 aliphatic carbocycles. The SMILES string of the molecule is Cc1sc2ncn(CC(=O)N(c3ccccc3)C3CCCCC3)c(=O)c2c1C. The summed E-state index contributed by atoms with van der Waals surface area (Å²) in [5.41, 5.74) is 1.74. The Kier molecular flexibility index (Phi) is 5.31. The van der Waals surface area contributed by atoms with E-state index in [2.05, 4.69) is 4.98 Å². The number of nitrogens with zero attached hydrogens (tertiary/aromatic N) is 3. The first-order chi connectivity index (χ1) is 13.6. The van der Waals surface area contributed by atoms with Gasteiger partial charge in [0.2, 0.25) is 5.91 Å². The van der Waals surface area contributed by atoms with Crippen LogP contribution >= 0.6 is 11.3 Å². The van der Waals surface area contributed by atoms with E-state index < -0.39 is 0 Å². The number of hydrogen-bond acceptors (Lipinski definition) is 4. The van der Waals surface area contributed by atoms with Crippen molar-refractivity contribution in [3.8, 4) is 0 Å². The first kappa shape index (κ1) is 18.9. The zero-order chi connectivity index (χ0) is 19.7. The van der Waals surface area contributed by atoms with Crippen LogP contribution in [0.15, 0.2) is 41.5 Å². The summed E-state index contributed by atoms with van der Waals surface area (Å²) in [6, 6.07) is 10.0. The van der Waals surface area contributed by atoms with Crippen LogP contribution in [0.2, 0.25) is 0 Å². The highest BCUT2D eigenvalue weighted by Gasteiger charge is 2.27. The Balaban J connectivity index is 1.68. The topological polar surface area (TPSA) is 55.2 Å². The number of carbonyl (C=O) groups excluding carboxylic acids is 1. The van der Waals surface area contributed by atoms with Crippen molar-refractivity contribution in [2.24, 2.45) is 0 Å². The summed E-state index contributed by atoms with van der Waals surface area (Å²) in [5.74, 6) is -0.0500. The largest absolute Gasteiger partial charge is 0.308 e. The molecule has 1 saturated carbocycles. The number of aryl methyl sites for hydroxylation is 2. The van der Waals surface area contributed by atoms with E-state index in [9.17, 15) is 9.59 Å². The summed E-state index contributed by atoms with van der Waals surface area (Å²) in [5, 5.41) is 0.640. The standard InChI is InChI=1S/C22H25N3O2S/c1-15-16(2)28-21-20(15)22(27)24(14-23-21)13-19(26)25(17-9-5-3-6-10-17)18-11-7-4-8-12-18/h3,5-6,9-10,14,18H,4,7-8,11-13H2,1-2H3. The number of amides is 1. The average Bonchev–Trinajstić information content (AvgIpc) is 3.00. The molecule has 0 aliphatic heterocycles. The summed E-state index contributed by atoms with van der Waals surface area (Å²) < 4.78 is 1.46. The maximum absolute atomic E-state index is 13.3. The number of hydrogen-bond donors (Lipinski definition) is 0. The lowest BCUT2D eigenvalue weighted by Gasteiger charge is -2.34. The fourth-order valence-electron chi connectivity index (χ4n) is 4.09. The minimum atomic E-state index is -0.128.